The number of aliphatic hydroxyl groups is 1. The number of aliphatic hydroxyl groups excluding tert-OH is 1. The Bertz CT molecular complexity index is 479. The van der Waals surface area contributed by atoms with Crippen molar-refractivity contribution >= 4 is 5.65 Å². The number of imidazole rings is 1. The summed E-state index contributed by atoms with van der Waals surface area (Å²) >= 11 is 0. The van der Waals surface area contributed by atoms with E-state index in [1.54, 1.807) is 0 Å². The lowest BCUT2D eigenvalue weighted by Gasteiger charge is -1.97. The summed E-state index contributed by atoms with van der Waals surface area (Å²) in [5, 5.41) is 13.9. The number of aromatic nitrogens is 3. The second kappa shape index (κ2) is 2.60. The monoisotopic (exact) mass is 191 g/mol. The van der Waals surface area contributed by atoms with Crippen LogP contribution >= 0.6 is 0 Å². The molecule has 0 atom stereocenters. The molecule has 0 bridgehead atoms. The highest BCUT2D eigenvalue weighted by molar-refractivity contribution is 5.52. The van der Waals surface area contributed by atoms with Gasteiger partial charge in [0.1, 0.15) is 5.65 Å². The number of rotatable bonds is 2. The number of aryl methyl sites for hydroxylation is 1. The quantitative estimate of drug-likeness (QED) is 0.770. The van der Waals surface area contributed by atoms with Gasteiger partial charge in [-0.25, -0.2) is 4.52 Å². The third-order valence-corrected chi connectivity index (χ3v) is 2.90. The topological polar surface area (TPSA) is 42.5 Å². The fraction of sp³-hybridized carbons (Fsp3) is 0.500. The van der Waals surface area contributed by atoms with E-state index < -0.39 is 0 Å². The first-order valence-corrected chi connectivity index (χ1v) is 4.94. The lowest BCUT2D eigenvalue weighted by molar-refractivity contribution is 0.281. The molecule has 1 fully saturated rings. The summed E-state index contributed by atoms with van der Waals surface area (Å²) in [5.41, 5.74) is 3.12. The minimum atomic E-state index is 0.0905. The molecule has 0 aliphatic heterocycles. The van der Waals surface area contributed by atoms with Crippen molar-refractivity contribution in [3.8, 4) is 0 Å². The van der Waals surface area contributed by atoms with Crippen molar-refractivity contribution in [2.75, 3.05) is 0 Å². The highest BCUT2D eigenvalue weighted by atomic mass is 16.3. The third kappa shape index (κ3) is 0.944. The first-order valence-electron chi connectivity index (χ1n) is 4.94. The van der Waals surface area contributed by atoms with Crippen molar-refractivity contribution < 1.29 is 5.11 Å². The lowest BCUT2D eigenvalue weighted by Crippen LogP contribution is -1.93. The molecule has 1 aliphatic rings. The Morgan fingerprint density at radius 3 is 2.93 bits per heavy atom. The maximum Gasteiger partial charge on any atom is 0.141 e. The van der Waals surface area contributed by atoms with E-state index in [-0.39, 0.29) is 6.61 Å². The van der Waals surface area contributed by atoms with Crippen molar-refractivity contribution in [3.05, 3.63) is 23.7 Å². The van der Waals surface area contributed by atoms with Crippen LogP contribution in [-0.2, 0) is 13.7 Å². The maximum atomic E-state index is 9.36. The zero-order chi connectivity index (χ0) is 9.71. The van der Waals surface area contributed by atoms with Crippen molar-refractivity contribution in [1.82, 2.24) is 14.2 Å². The van der Waals surface area contributed by atoms with E-state index in [1.807, 2.05) is 28.5 Å². The van der Waals surface area contributed by atoms with Gasteiger partial charge in [-0.3, -0.25) is 0 Å². The number of hydrogen-bond acceptors (Lipinski definition) is 2. The van der Waals surface area contributed by atoms with E-state index in [9.17, 15) is 5.11 Å². The normalized spacial score (nSPS) is 16.7. The summed E-state index contributed by atoms with van der Waals surface area (Å²) in [6, 6.07) is 0. The molecule has 1 saturated carbocycles. The van der Waals surface area contributed by atoms with Crippen LogP contribution in [0.2, 0.25) is 0 Å². The van der Waals surface area contributed by atoms with Crippen LogP contribution in [0.4, 0.5) is 0 Å². The zero-order valence-electron chi connectivity index (χ0n) is 8.14. The molecule has 1 N–H and O–H groups in total. The SMILES string of the molecule is Cn1ccn2nc(C3CC3)c(CO)c12. The van der Waals surface area contributed by atoms with E-state index in [4.69, 9.17) is 0 Å². The van der Waals surface area contributed by atoms with Gasteiger partial charge in [-0.2, -0.15) is 5.10 Å². The molecule has 0 unspecified atom stereocenters. The molecule has 0 aromatic carbocycles. The minimum Gasteiger partial charge on any atom is -0.391 e. The van der Waals surface area contributed by atoms with Crippen LogP contribution < -0.4 is 0 Å². The van der Waals surface area contributed by atoms with Gasteiger partial charge >= 0.3 is 0 Å². The van der Waals surface area contributed by atoms with Gasteiger partial charge in [0.05, 0.1) is 12.3 Å². The number of nitrogens with zero attached hydrogens (tertiary/aromatic N) is 3. The first kappa shape index (κ1) is 8.05. The predicted octanol–water partition coefficient (Wildman–Crippen LogP) is 1.04. The predicted molar refractivity (Wildman–Crippen MR) is 52.1 cm³/mol. The van der Waals surface area contributed by atoms with Crippen LogP contribution in [0.15, 0.2) is 12.4 Å². The van der Waals surface area contributed by atoms with Crippen molar-refractivity contribution in [2.24, 2.45) is 7.05 Å². The zero-order valence-corrected chi connectivity index (χ0v) is 8.14. The van der Waals surface area contributed by atoms with E-state index in [2.05, 4.69) is 5.10 Å². The Hall–Kier alpha value is -1.29. The van der Waals surface area contributed by atoms with Gasteiger partial charge in [0.15, 0.2) is 0 Å². The largest absolute Gasteiger partial charge is 0.391 e. The third-order valence-electron chi connectivity index (χ3n) is 2.90. The average Bonchev–Trinajstić information content (AvgIpc) is 2.87. The van der Waals surface area contributed by atoms with Gasteiger partial charge in [0.25, 0.3) is 0 Å². The molecule has 2 aromatic rings. The van der Waals surface area contributed by atoms with E-state index in [1.165, 1.54) is 12.8 Å². The van der Waals surface area contributed by atoms with E-state index in [0.29, 0.717) is 5.92 Å². The van der Waals surface area contributed by atoms with Crippen LogP contribution in [0.25, 0.3) is 5.65 Å². The van der Waals surface area contributed by atoms with Crippen LogP contribution in [0.1, 0.15) is 30.0 Å². The fourth-order valence-electron chi connectivity index (χ4n) is 2.03. The Labute approximate surface area is 81.8 Å². The van der Waals surface area contributed by atoms with Gasteiger partial charge in [-0.05, 0) is 12.8 Å². The highest BCUT2D eigenvalue weighted by Crippen LogP contribution is 2.41. The van der Waals surface area contributed by atoms with Crippen LogP contribution in [0.5, 0.6) is 0 Å². The fourth-order valence-corrected chi connectivity index (χ4v) is 2.03. The molecule has 14 heavy (non-hydrogen) atoms. The van der Waals surface area contributed by atoms with Gasteiger partial charge in [-0.1, -0.05) is 0 Å². The summed E-state index contributed by atoms with van der Waals surface area (Å²) in [6.07, 6.45) is 6.33. The van der Waals surface area contributed by atoms with Crippen LogP contribution in [-0.4, -0.2) is 19.3 Å². The lowest BCUT2D eigenvalue weighted by atomic mass is 10.2. The van der Waals surface area contributed by atoms with Gasteiger partial charge in [0, 0.05) is 30.9 Å². The van der Waals surface area contributed by atoms with Gasteiger partial charge in [-0.15, -0.1) is 0 Å². The molecule has 4 heteroatoms. The molecule has 0 amide bonds. The van der Waals surface area contributed by atoms with Crippen molar-refractivity contribution in [3.63, 3.8) is 0 Å². The summed E-state index contributed by atoms with van der Waals surface area (Å²) in [5.74, 6) is 0.594. The molecule has 2 heterocycles. The molecule has 0 spiro atoms. The molecular weight excluding hydrogens is 178 g/mol. The average molecular weight is 191 g/mol. The van der Waals surface area contributed by atoms with Crippen molar-refractivity contribution in [1.29, 1.82) is 0 Å². The summed E-state index contributed by atoms with van der Waals surface area (Å²) in [7, 11) is 1.98. The summed E-state index contributed by atoms with van der Waals surface area (Å²) < 4.78 is 3.86. The van der Waals surface area contributed by atoms with Crippen LogP contribution in [0, 0.1) is 0 Å². The summed E-state index contributed by atoms with van der Waals surface area (Å²) in [4.78, 5) is 0. The first-order chi connectivity index (χ1) is 6.81. The Morgan fingerprint density at radius 2 is 2.29 bits per heavy atom. The molecule has 74 valence electrons. The highest BCUT2D eigenvalue weighted by Gasteiger charge is 2.30. The van der Waals surface area contributed by atoms with Gasteiger partial charge < -0.3 is 9.67 Å². The second-order valence-electron chi connectivity index (χ2n) is 3.97. The molecule has 4 nitrogen and oxygen atoms in total. The molecular formula is C10H13N3O. The molecule has 1 aliphatic carbocycles. The van der Waals surface area contributed by atoms with E-state index >= 15 is 0 Å². The maximum absolute atomic E-state index is 9.36. The second-order valence-corrected chi connectivity index (χ2v) is 3.97. The van der Waals surface area contributed by atoms with E-state index in [0.717, 1.165) is 16.9 Å². The minimum absolute atomic E-state index is 0.0905. The molecule has 2 aromatic heterocycles. The Balaban J connectivity index is 2.29. The molecule has 0 radical (unpaired) electrons. The Morgan fingerprint density at radius 1 is 1.50 bits per heavy atom. The number of hydrogen-bond donors (Lipinski definition) is 1. The Kier molecular flexibility index (Phi) is 1.50. The number of fused-ring (bicyclic) bond motifs is 1. The standard InChI is InChI=1S/C10H13N3O/c1-12-4-5-13-10(12)8(6-14)9(11-13)7-2-3-7/h4-5,7,14H,2-3,6H2,1H3. The summed E-state index contributed by atoms with van der Waals surface area (Å²) in [6.45, 7) is 0.0905. The smallest absolute Gasteiger partial charge is 0.141 e. The molecule has 3 rings (SSSR count). The van der Waals surface area contributed by atoms with Crippen molar-refractivity contribution in [2.45, 2.75) is 25.4 Å². The van der Waals surface area contributed by atoms with Crippen LogP contribution in [0.3, 0.4) is 0 Å². The molecule has 0 saturated heterocycles. The van der Waals surface area contributed by atoms with Gasteiger partial charge in [0.2, 0.25) is 0 Å².